The number of hydrogen-bond acceptors (Lipinski definition) is 3. The van der Waals surface area contributed by atoms with Gasteiger partial charge in [-0.1, -0.05) is 12.5 Å². The summed E-state index contributed by atoms with van der Waals surface area (Å²) in [6, 6.07) is 4.18. The summed E-state index contributed by atoms with van der Waals surface area (Å²) in [6.45, 7) is 1.79. The highest BCUT2D eigenvalue weighted by molar-refractivity contribution is 5.96. The van der Waals surface area contributed by atoms with Gasteiger partial charge in [-0.25, -0.2) is 10.2 Å². The zero-order valence-corrected chi connectivity index (χ0v) is 11.7. The predicted molar refractivity (Wildman–Crippen MR) is 77.3 cm³/mol. The molecule has 1 aliphatic rings. The van der Waals surface area contributed by atoms with Gasteiger partial charge in [-0.05, 0) is 37.5 Å². The molecule has 0 atom stereocenters. The SMILES string of the molecule is Cc1ccc(C(N)=O)cc1NC(=O)NNC(=O)C1CCC1. The van der Waals surface area contributed by atoms with Gasteiger partial charge in [-0.3, -0.25) is 15.0 Å². The molecule has 0 aromatic heterocycles. The summed E-state index contributed by atoms with van der Waals surface area (Å²) in [6.07, 6.45) is 2.76. The lowest BCUT2D eigenvalue weighted by Gasteiger charge is -2.24. The average Bonchev–Trinajstić information content (AvgIpc) is 2.36. The van der Waals surface area contributed by atoms with E-state index in [0.717, 1.165) is 24.8 Å². The monoisotopic (exact) mass is 290 g/mol. The number of anilines is 1. The van der Waals surface area contributed by atoms with Gasteiger partial charge in [-0.15, -0.1) is 0 Å². The number of urea groups is 1. The van der Waals surface area contributed by atoms with Crippen molar-refractivity contribution in [2.24, 2.45) is 11.7 Å². The Hall–Kier alpha value is -2.57. The van der Waals surface area contributed by atoms with Crippen LogP contribution >= 0.6 is 0 Å². The first-order valence-electron chi connectivity index (χ1n) is 6.74. The minimum atomic E-state index is -0.576. The topological polar surface area (TPSA) is 113 Å². The summed E-state index contributed by atoms with van der Waals surface area (Å²) >= 11 is 0. The van der Waals surface area contributed by atoms with E-state index in [1.807, 2.05) is 0 Å². The number of hydrogen-bond donors (Lipinski definition) is 4. The molecule has 1 aromatic carbocycles. The van der Waals surface area contributed by atoms with E-state index in [4.69, 9.17) is 5.73 Å². The second-order valence-corrected chi connectivity index (χ2v) is 5.09. The van der Waals surface area contributed by atoms with Crippen molar-refractivity contribution in [3.63, 3.8) is 0 Å². The number of amides is 4. The molecule has 0 radical (unpaired) electrons. The number of hydrazine groups is 1. The van der Waals surface area contributed by atoms with Gasteiger partial charge in [-0.2, -0.15) is 0 Å². The Labute approximate surface area is 122 Å². The number of carbonyl (C=O) groups excluding carboxylic acids is 3. The number of carbonyl (C=O) groups is 3. The van der Waals surface area contributed by atoms with Gasteiger partial charge in [0.2, 0.25) is 11.8 Å². The van der Waals surface area contributed by atoms with Gasteiger partial charge < -0.3 is 11.1 Å². The van der Waals surface area contributed by atoms with Crippen LogP contribution in [0, 0.1) is 12.8 Å². The number of aryl methyl sites for hydroxylation is 1. The number of rotatable bonds is 3. The Morgan fingerprint density at radius 1 is 1.19 bits per heavy atom. The maximum Gasteiger partial charge on any atom is 0.337 e. The molecule has 5 N–H and O–H groups in total. The first kappa shape index (κ1) is 14.8. The normalized spacial score (nSPS) is 14.0. The maximum absolute atomic E-state index is 11.7. The van der Waals surface area contributed by atoms with Crippen LogP contribution in [0.3, 0.4) is 0 Å². The molecule has 112 valence electrons. The average molecular weight is 290 g/mol. The van der Waals surface area contributed by atoms with Gasteiger partial charge in [0.25, 0.3) is 0 Å². The summed E-state index contributed by atoms with van der Waals surface area (Å²) in [5, 5.41) is 2.56. The molecule has 0 aliphatic heterocycles. The summed E-state index contributed by atoms with van der Waals surface area (Å²) in [5.41, 5.74) is 11.4. The Kier molecular flexibility index (Phi) is 4.42. The van der Waals surface area contributed by atoms with Crippen LogP contribution in [0.25, 0.3) is 0 Å². The molecule has 7 nitrogen and oxygen atoms in total. The van der Waals surface area contributed by atoms with Crippen LogP contribution in [-0.2, 0) is 4.79 Å². The molecule has 1 aromatic rings. The molecule has 0 spiro atoms. The van der Waals surface area contributed by atoms with Crippen molar-refractivity contribution in [3.8, 4) is 0 Å². The molecule has 0 unspecified atom stereocenters. The fourth-order valence-electron chi connectivity index (χ4n) is 1.95. The van der Waals surface area contributed by atoms with Crippen molar-refractivity contribution in [1.82, 2.24) is 10.9 Å². The molecular formula is C14H18N4O3. The molecule has 7 heteroatoms. The quantitative estimate of drug-likeness (QED) is 0.624. The van der Waals surface area contributed by atoms with Crippen LogP contribution in [0.5, 0.6) is 0 Å². The van der Waals surface area contributed by atoms with E-state index in [0.29, 0.717) is 11.3 Å². The first-order valence-corrected chi connectivity index (χ1v) is 6.74. The first-order chi connectivity index (χ1) is 9.97. The van der Waals surface area contributed by atoms with Crippen LogP contribution in [0.2, 0.25) is 0 Å². The number of nitrogens with one attached hydrogen (secondary N) is 3. The van der Waals surface area contributed by atoms with Crippen LogP contribution in [-0.4, -0.2) is 17.8 Å². The van der Waals surface area contributed by atoms with Gasteiger partial charge >= 0.3 is 6.03 Å². The second kappa shape index (κ2) is 6.25. The molecule has 1 fully saturated rings. The molecule has 0 bridgehead atoms. The largest absolute Gasteiger partial charge is 0.366 e. The molecule has 1 saturated carbocycles. The van der Waals surface area contributed by atoms with Gasteiger partial charge in [0, 0.05) is 17.2 Å². The lowest BCUT2D eigenvalue weighted by molar-refractivity contribution is -0.128. The molecule has 0 saturated heterocycles. The summed E-state index contributed by atoms with van der Waals surface area (Å²) in [4.78, 5) is 34.4. The molecule has 0 heterocycles. The van der Waals surface area contributed by atoms with E-state index in [2.05, 4.69) is 16.2 Å². The van der Waals surface area contributed by atoms with Crippen LogP contribution in [0.1, 0.15) is 35.2 Å². The minimum absolute atomic E-state index is 0.00905. The lowest BCUT2D eigenvalue weighted by Crippen LogP contribution is -2.47. The lowest BCUT2D eigenvalue weighted by atomic mass is 9.85. The highest BCUT2D eigenvalue weighted by atomic mass is 16.2. The van der Waals surface area contributed by atoms with E-state index in [1.54, 1.807) is 19.1 Å². The number of benzene rings is 1. The van der Waals surface area contributed by atoms with E-state index >= 15 is 0 Å². The van der Waals surface area contributed by atoms with E-state index in [1.165, 1.54) is 6.07 Å². The number of primary amides is 1. The Morgan fingerprint density at radius 2 is 1.90 bits per heavy atom. The van der Waals surface area contributed by atoms with Crippen molar-refractivity contribution in [2.45, 2.75) is 26.2 Å². The molecule has 4 amide bonds. The summed E-state index contributed by atoms with van der Waals surface area (Å²) in [5.74, 6) is -0.763. The summed E-state index contributed by atoms with van der Waals surface area (Å²) < 4.78 is 0. The maximum atomic E-state index is 11.7. The van der Waals surface area contributed by atoms with Crippen LogP contribution in [0.4, 0.5) is 10.5 Å². The fraction of sp³-hybridized carbons (Fsp3) is 0.357. The predicted octanol–water partition coefficient (Wildman–Crippen LogP) is 1.05. The van der Waals surface area contributed by atoms with Crippen molar-refractivity contribution in [3.05, 3.63) is 29.3 Å². The fourth-order valence-corrected chi connectivity index (χ4v) is 1.95. The van der Waals surface area contributed by atoms with Gasteiger partial charge in [0.1, 0.15) is 0 Å². The van der Waals surface area contributed by atoms with Gasteiger partial charge in [0.15, 0.2) is 0 Å². The van der Waals surface area contributed by atoms with E-state index in [-0.39, 0.29) is 11.8 Å². The third kappa shape index (κ3) is 3.71. The third-order valence-electron chi connectivity index (χ3n) is 3.55. The highest BCUT2D eigenvalue weighted by Gasteiger charge is 2.25. The van der Waals surface area contributed by atoms with Crippen molar-refractivity contribution in [2.75, 3.05) is 5.32 Å². The highest BCUT2D eigenvalue weighted by Crippen LogP contribution is 2.25. The van der Waals surface area contributed by atoms with Gasteiger partial charge in [0.05, 0.1) is 0 Å². The Balaban J connectivity index is 1.91. The van der Waals surface area contributed by atoms with Crippen molar-refractivity contribution in [1.29, 1.82) is 0 Å². The minimum Gasteiger partial charge on any atom is -0.366 e. The summed E-state index contributed by atoms with van der Waals surface area (Å²) in [7, 11) is 0. The molecule has 1 aliphatic carbocycles. The van der Waals surface area contributed by atoms with E-state index < -0.39 is 11.9 Å². The molecular weight excluding hydrogens is 272 g/mol. The van der Waals surface area contributed by atoms with Crippen LogP contribution < -0.4 is 21.9 Å². The Morgan fingerprint density at radius 3 is 2.48 bits per heavy atom. The van der Waals surface area contributed by atoms with Crippen molar-refractivity contribution < 1.29 is 14.4 Å². The zero-order valence-electron chi connectivity index (χ0n) is 11.7. The Bertz CT molecular complexity index is 582. The number of nitrogens with two attached hydrogens (primary N) is 1. The van der Waals surface area contributed by atoms with E-state index in [9.17, 15) is 14.4 Å². The van der Waals surface area contributed by atoms with Crippen molar-refractivity contribution >= 4 is 23.5 Å². The second-order valence-electron chi connectivity index (χ2n) is 5.09. The molecule has 2 rings (SSSR count). The zero-order chi connectivity index (χ0) is 15.4. The van der Waals surface area contributed by atoms with Crippen LogP contribution in [0.15, 0.2) is 18.2 Å². The smallest absolute Gasteiger partial charge is 0.337 e. The third-order valence-corrected chi connectivity index (χ3v) is 3.55. The molecule has 21 heavy (non-hydrogen) atoms. The standard InChI is InChI=1S/C14H18N4O3/c1-8-5-6-10(12(15)19)7-11(8)16-14(21)18-17-13(20)9-3-2-4-9/h5-7,9H,2-4H2,1H3,(H2,15,19)(H,17,20)(H2,16,18,21).